The Kier molecular flexibility index (Phi) is 19.9. The molecule has 32 heavy (non-hydrogen) atoms. The standard InChI is InChI=1S/C27H54F4N/c1-4-7-10-13-16-19-22-32(25-27(30,31)26(28)29,23-20-17-14-11-8-5-2)24-21-18-15-12-9-6-3/h26H,4-25H2,1-3H3/q+1. The van der Waals surface area contributed by atoms with Gasteiger partial charge in [-0.3, -0.25) is 0 Å². The van der Waals surface area contributed by atoms with E-state index in [0.717, 1.165) is 57.8 Å². The Morgan fingerprint density at radius 1 is 0.500 bits per heavy atom. The molecule has 0 heterocycles. The fourth-order valence-electron chi connectivity index (χ4n) is 4.77. The van der Waals surface area contributed by atoms with Gasteiger partial charge in [-0.05, 0) is 38.5 Å². The van der Waals surface area contributed by atoms with Gasteiger partial charge in [-0.2, -0.15) is 8.78 Å². The zero-order valence-electron chi connectivity index (χ0n) is 21.6. The van der Waals surface area contributed by atoms with Crippen LogP contribution in [0.3, 0.4) is 0 Å². The highest BCUT2D eigenvalue weighted by Crippen LogP contribution is 2.29. The van der Waals surface area contributed by atoms with Crippen molar-refractivity contribution in [1.29, 1.82) is 0 Å². The van der Waals surface area contributed by atoms with Gasteiger partial charge in [0, 0.05) is 0 Å². The third kappa shape index (κ3) is 16.3. The van der Waals surface area contributed by atoms with Crippen molar-refractivity contribution in [3.8, 4) is 0 Å². The summed E-state index contributed by atoms with van der Waals surface area (Å²) < 4.78 is 55.1. The predicted molar refractivity (Wildman–Crippen MR) is 131 cm³/mol. The third-order valence-electron chi connectivity index (χ3n) is 6.82. The first kappa shape index (κ1) is 31.7. The van der Waals surface area contributed by atoms with Crippen LogP contribution in [0.15, 0.2) is 0 Å². The molecule has 0 saturated heterocycles. The quantitative estimate of drug-likeness (QED) is 0.0751. The molecule has 0 aromatic carbocycles. The van der Waals surface area contributed by atoms with E-state index in [-0.39, 0.29) is 4.48 Å². The second-order valence-electron chi connectivity index (χ2n) is 10.0. The van der Waals surface area contributed by atoms with Crippen LogP contribution in [0.25, 0.3) is 0 Å². The molecule has 0 aliphatic carbocycles. The summed E-state index contributed by atoms with van der Waals surface area (Å²) in [6.07, 6.45) is 16.1. The van der Waals surface area contributed by atoms with Crippen LogP contribution in [-0.2, 0) is 0 Å². The molecule has 0 rings (SSSR count). The summed E-state index contributed by atoms with van der Waals surface area (Å²) in [6.45, 7) is 7.71. The summed E-state index contributed by atoms with van der Waals surface area (Å²) in [7, 11) is 0. The van der Waals surface area contributed by atoms with Crippen LogP contribution in [0.1, 0.15) is 136 Å². The number of halogens is 4. The van der Waals surface area contributed by atoms with E-state index in [1.807, 2.05) is 0 Å². The minimum absolute atomic E-state index is 0.187. The molecule has 5 heteroatoms. The molecule has 0 spiro atoms. The lowest BCUT2D eigenvalue weighted by Crippen LogP contribution is -2.57. The maximum Gasteiger partial charge on any atom is 0.354 e. The minimum atomic E-state index is -3.90. The molecule has 194 valence electrons. The van der Waals surface area contributed by atoms with E-state index in [9.17, 15) is 17.6 Å². The van der Waals surface area contributed by atoms with Gasteiger partial charge in [0.15, 0.2) is 0 Å². The SMILES string of the molecule is CCCCCCCC[N+](CCCCCCCC)(CCCCCCCC)CC(F)(F)C(F)F. The molecule has 0 radical (unpaired) electrons. The van der Waals surface area contributed by atoms with Crippen molar-refractivity contribution < 1.29 is 22.0 Å². The van der Waals surface area contributed by atoms with Crippen LogP contribution in [0.2, 0.25) is 0 Å². The van der Waals surface area contributed by atoms with E-state index in [1.54, 1.807) is 0 Å². The van der Waals surface area contributed by atoms with Crippen LogP contribution in [0.4, 0.5) is 17.6 Å². The molecule has 0 unspecified atom stereocenters. The monoisotopic (exact) mass is 468 g/mol. The van der Waals surface area contributed by atoms with Gasteiger partial charge in [0.1, 0.15) is 6.54 Å². The summed E-state index contributed by atoms with van der Waals surface area (Å²) in [5, 5.41) is 0. The summed E-state index contributed by atoms with van der Waals surface area (Å²) >= 11 is 0. The average molecular weight is 469 g/mol. The van der Waals surface area contributed by atoms with E-state index in [2.05, 4.69) is 20.8 Å². The topological polar surface area (TPSA) is 0 Å². The van der Waals surface area contributed by atoms with Gasteiger partial charge in [-0.1, -0.05) is 97.8 Å². The lowest BCUT2D eigenvalue weighted by molar-refractivity contribution is -0.936. The average Bonchev–Trinajstić information content (AvgIpc) is 2.75. The normalized spacial score (nSPS) is 12.8. The number of quaternary nitrogens is 1. The Morgan fingerprint density at radius 2 is 0.781 bits per heavy atom. The van der Waals surface area contributed by atoms with Crippen molar-refractivity contribution in [3.05, 3.63) is 0 Å². The molecule has 0 saturated carbocycles. The van der Waals surface area contributed by atoms with Crippen molar-refractivity contribution in [2.75, 3.05) is 26.2 Å². The van der Waals surface area contributed by atoms with E-state index >= 15 is 0 Å². The van der Waals surface area contributed by atoms with Crippen molar-refractivity contribution in [2.24, 2.45) is 0 Å². The van der Waals surface area contributed by atoms with Crippen molar-refractivity contribution in [1.82, 2.24) is 0 Å². The summed E-state index contributed by atoms with van der Waals surface area (Å²) in [4.78, 5) is 0. The van der Waals surface area contributed by atoms with Crippen molar-refractivity contribution in [2.45, 2.75) is 149 Å². The second-order valence-corrected chi connectivity index (χ2v) is 10.0. The zero-order chi connectivity index (χ0) is 24.1. The summed E-state index contributed by atoms with van der Waals surface area (Å²) in [5.41, 5.74) is 0. The van der Waals surface area contributed by atoms with Crippen molar-refractivity contribution >= 4 is 0 Å². The van der Waals surface area contributed by atoms with Crippen LogP contribution >= 0.6 is 0 Å². The number of hydrogen-bond acceptors (Lipinski definition) is 0. The maximum atomic E-state index is 14.3. The molecule has 0 aromatic rings. The van der Waals surface area contributed by atoms with Gasteiger partial charge in [0.05, 0.1) is 19.6 Å². The van der Waals surface area contributed by atoms with E-state index in [0.29, 0.717) is 19.6 Å². The highest BCUT2D eigenvalue weighted by atomic mass is 19.3. The van der Waals surface area contributed by atoms with Gasteiger partial charge < -0.3 is 4.48 Å². The molecule has 0 aliphatic rings. The Hall–Kier alpha value is -0.320. The Labute approximate surface area is 197 Å². The molecule has 0 fully saturated rings. The Balaban J connectivity index is 5.04. The lowest BCUT2D eigenvalue weighted by atomic mass is 10.1. The number of rotatable bonds is 24. The number of nitrogens with zero attached hydrogens (tertiary/aromatic N) is 1. The zero-order valence-corrected chi connectivity index (χ0v) is 21.6. The fourth-order valence-corrected chi connectivity index (χ4v) is 4.77. The largest absolute Gasteiger partial charge is 0.354 e. The molecule has 0 amide bonds. The first-order valence-corrected chi connectivity index (χ1v) is 13.8. The van der Waals surface area contributed by atoms with Gasteiger partial charge in [-0.15, -0.1) is 0 Å². The van der Waals surface area contributed by atoms with Gasteiger partial charge >= 0.3 is 12.3 Å². The van der Waals surface area contributed by atoms with Gasteiger partial charge in [-0.25, -0.2) is 8.78 Å². The van der Waals surface area contributed by atoms with E-state index in [1.165, 1.54) is 57.8 Å². The Bertz CT molecular complexity index is 360. The number of unbranched alkanes of at least 4 members (excludes halogenated alkanes) is 15. The molecule has 0 bridgehead atoms. The van der Waals surface area contributed by atoms with E-state index < -0.39 is 18.9 Å². The van der Waals surface area contributed by atoms with Gasteiger partial charge in [0.25, 0.3) is 0 Å². The molecule has 1 nitrogen and oxygen atoms in total. The fraction of sp³-hybridized carbons (Fsp3) is 1.00. The molecule has 0 aliphatic heterocycles. The molecular formula is C27H54F4N+. The highest BCUT2D eigenvalue weighted by molar-refractivity contribution is 4.70. The maximum absolute atomic E-state index is 14.3. The highest BCUT2D eigenvalue weighted by Gasteiger charge is 2.48. The van der Waals surface area contributed by atoms with Crippen LogP contribution in [0, 0.1) is 0 Å². The lowest BCUT2D eigenvalue weighted by Gasteiger charge is -2.41. The van der Waals surface area contributed by atoms with Gasteiger partial charge in [0.2, 0.25) is 0 Å². The van der Waals surface area contributed by atoms with E-state index in [4.69, 9.17) is 0 Å². The second kappa shape index (κ2) is 20.1. The first-order valence-electron chi connectivity index (χ1n) is 13.8. The summed E-state index contributed by atoms with van der Waals surface area (Å²) in [6, 6.07) is 0. The molecular weight excluding hydrogens is 414 g/mol. The molecule has 0 atom stereocenters. The number of alkyl halides is 4. The third-order valence-corrected chi connectivity index (χ3v) is 6.82. The molecule has 0 aromatic heterocycles. The predicted octanol–water partition coefficient (Wildman–Crippen LogP) is 9.79. The van der Waals surface area contributed by atoms with Crippen LogP contribution < -0.4 is 0 Å². The first-order chi connectivity index (χ1) is 15.3. The van der Waals surface area contributed by atoms with Crippen LogP contribution in [-0.4, -0.2) is 43.0 Å². The summed E-state index contributed by atoms with van der Waals surface area (Å²) in [5.74, 6) is -3.90. The smallest absolute Gasteiger partial charge is 0.318 e. The number of hydrogen-bond donors (Lipinski definition) is 0. The minimum Gasteiger partial charge on any atom is -0.318 e. The van der Waals surface area contributed by atoms with Crippen LogP contribution in [0.5, 0.6) is 0 Å². The molecule has 0 N–H and O–H groups in total. The Morgan fingerprint density at radius 3 is 1.06 bits per heavy atom. The van der Waals surface area contributed by atoms with Crippen molar-refractivity contribution in [3.63, 3.8) is 0 Å².